The van der Waals surface area contributed by atoms with Crippen LogP contribution in [0.1, 0.15) is 18.2 Å². The number of carbonyl (C=O) groups is 1. The molecule has 1 N–H and O–H groups in total. The molecule has 0 radical (unpaired) electrons. The Bertz CT molecular complexity index is 1020. The van der Waals surface area contributed by atoms with Crippen LogP contribution in [0.25, 0.3) is 11.4 Å². The molecule has 29 heavy (non-hydrogen) atoms. The molecule has 0 atom stereocenters. The van der Waals surface area contributed by atoms with Gasteiger partial charge in [0.1, 0.15) is 0 Å². The summed E-state index contributed by atoms with van der Waals surface area (Å²) in [7, 11) is 0. The van der Waals surface area contributed by atoms with Gasteiger partial charge in [-0.15, -0.1) is 28.1 Å². The van der Waals surface area contributed by atoms with Gasteiger partial charge in [-0.25, -0.2) is 0 Å². The first-order valence-corrected chi connectivity index (χ1v) is 11.6. The minimum atomic E-state index is -0.185. The van der Waals surface area contributed by atoms with E-state index in [0.717, 1.165) is 24.2 Å². The third-order valence-electron chi connectivity index (χ3n) is 3.97. The number of nitrogens with zero attached hydrogens (tertiary/aromatic N) is 3. The van der Waals surface area contributed by atoms with Gasteiger partial charge < -0.3 is 5.32 Å². The van der Waals surface area contributed by atoms with E-state index in [9.17, 15) is 4.79 Å². The molecule has 0 unspecified atom stereocenters. The fourth-order valence-electron chi connectivity index (χ4n) is 2.69. The van der Waals surface area contributed by atoms with Crippen molar-refractivity contribution < 1.29 is 4.79 Å². The zero-order valence-electron chi connectivity index (χ0n) is 15.8. The number of rotatable bonds is 9. The van der Waals surface area contributed by atoms with E-state index in [-0.39, 0.29) is 11.7 Å². The molecule has 0 saturated carbocycles. The number of thiophene rings is 1. The number of halogens is 2. The number of nitrogens with one attached hydrogen (secondary N) is 1. The molecule has 152 valence electrons. The summed E-state index contributed by atoms with van der Waals surface area (Å²) >= 11 is 15.0. The number of allylic oxidation sites excluding steroid dienone is 1. The summed E-state index contributed by atoms with van der Waals surface area (Å²) in [6.07, 6.45) is 3.95. The van der Waals surface area contributed by atoms with Crippen LogP contribution in [-0.4, -0.2) is 26.4 Å². The van der Waals surface area contributed by atoms with E-state index in [1.54, 1.807) is 35.6 Å². The number of carbonyl (C=O) groups excluding carboxylic acids is 1. The third-order valence-corrected chi connectivity index (χ3v) is 6.49. The molecule has 2 heterocycles. The maximum Gasteiger partial charge on any atom is 0.234 e. The van der Waals surface area contributed by atoms with Crippen LogP contribution >= 0.6 is 46.3 Å². The van der Waals surface area contributed by atoms with Crippen LogP contribution in [0.3, 0.4) is 0 Å². The third kappa shape index (κ3) is 5.63. The zero-order chi connectivity index (χ0) is 20.8. The SMILES string of the molecule is C=CCn1c(SCC(=O)Nc2ccc(Cl)cc2Cl)nnc1-c1csc(CCC)c1. The predicted octanol–water partition coefficient (Wildman–Crippen LogP) is 6.18. The first-order valence-electron chi connectivity index (χ1n) is 9.01. The predicted molar refractivity (Wildman–Crippen MR) is 123 cm³/mol. The topological polar surface area (TPSA) is 59.8 Å². The minimum Gasteiger partial charge on any atom is -0.324 e. The molecule has 0 aliphatic carbocycles. The second-order valence-corrected chi connectivity index (χ2v) is 9.00. The smallest absolute Gasteiger partial charge is 0.234 e. The van der Waals surface area contributed by atoms with Crippen molar-refractivity contribution in [1.29, 1.82) is 0 Å². The Labute approximate surface area is 188 Å². The molecular formula is C20H20Cl2N4OS2. The summed E-state index contributed by atoms with van der Waals surface area (Å²) in [6.45, 7) is 6.55. The van der Waals surface area contributed by atoms with E-state index >= 15 is 0 Å². The van der Waals surface area contributed by atoms with Crippen LogP contribution in [0.2, 0.25) is 10.0 Å². The number of amides is 1. The summed E-state index contributed by atoms with van der Waals surface area (Å²) in [5, 5.41) is 15.1. The van der Waals surface area contributed by atoms with Crippen LogP contribution in [0.4, 0.5) is 5.69 Å². The average molecular weight is 467 g/mol. The van der Waals surface area contributed by atoms with Gasteiger partial charge >= 0.3 is 0 Å². The molecule has 0 aliphatic rings. The monoisotopic (exact) mass is 466 g/mol. The van der Waals surface area contributed by atoms with Crippen molar-refractivity contribution in [3.8, 4) is 11.4 Å². The van der Waals surface area contributed by atoms with Crippen LogP contribution in [0.15, 0.2) is 47.5 Å². The fourth-order valence-corrected chi connectivity index (χ4v) is 4.86. The Kier molecular flexibility index (Phi) is 7.77. The van der Waals surface area contributed by atoms with E-state index in [4.69, 9.17) is 23.2 Å². The van der Waals surface area contributed by atoms with Crippen molar-refractivity contribution >= 4 is 57.9 Å². The molecule has 0 bridgehead atoms. The summed E-state index contributed by atoms with van der Waals surface area (Å²) in [5.74, 6) is 0.778. The fraction of sp³-hybridized carbons (Fsp3) is 0.250. The van der Waals surface area contributed by atoms with Gasteiger partial charge in [-0.05, 0) is 30.7 Å². The minimum absolute atomic E-state index is 0.180. The lowest BCUT2D eigenvalue weighted by Gasteiger charge is -2.08. The molecule has 1 aromatic carbocycles. The van der Waals surface area contributed by atoms with Crippen molar-refractivity contribution in [2.24, 2.45) is 0 Å². The Balaban J connectivity index is 1.70. The second kappa shape index (κ2) is 10.3. The van der Waals surface area contributed by atoms with Crippen LogP contribution in [0.5, 0.6) is 0 Å². The Hall–Kier alpha value is -1.80. The van der Waals surface area contributed by atoms with E-state index in [1.165, 1.54) is 16.6 Å². The highest BCUT2D eigenvalue weighted by molar-refractivity contribution is 7.99. The van der Waals surface area contributed by atoms with E-state index in [1.807, 2.05) is 4.57 Å². The van der Waals surface area contributed by atoms with Crippen molar-refractivity contribution in [3.63, 3.8) is 0 Å². The largest absolute Gasteiger partial charge is 0.324 e. The maximum atomic E-state index is 12.3. The van der Waals surface area contributed by atoms with Crippen molar-refractivity contribution in [2.45, 2.75) is 31.5 Å². The normalized spacial score (nSPS) is 10.9. The van der Waals surface area contributed by atoms with Gasteiger partial charge in [0.2, 0.25) is 5.91 Å². The standard InChI is InChI=1S/C20H20Cl2N4OS2/c1-3-5-15-9-13(11-28-15)19-24-25-20(26(19)8-4-2)29-12-18(27)23-17-7-6-14(21)10-16(17)22/h4,6-7,9-11H,2-3,5,8,12H2,1H3,(H,23,27). The number of aromatic nitrogens is 3. The highest BCUT2D eigenvalue weighted by Crippen LogP contribution is 2.29. The van der Waals surface area contributed by atoms with Gasteiger partial charge in [-0.2, -0.15) is 0 Å². The van der Waals surface area contributed by atoms with Gasteiger partial charge in [0, 0.05) is 27.4 Å². The first kappa shape index (κ1) is 21.9. The van der Waals surface area contributed by atoms with Gasteiger partial charge in [-0.1, -0.05) is 54.4 Å². The number of hydrogen-bond donors (Lipinski definition) is 1. The lowest BCUT2D eigenvalue weighted by Crippen LogP contribution is -2.15. The molecular weight excluding hydrogens is 447 g/mol. The molecule has 5 nitrogen and oxygen atoms in total. The lowest BCUT2D eigenvalue weighted by atomic mass is 10.2. The van der Waals surface area contributed by atoms with Gasteiger partial charge in [0.15, 0.2) is 11.0 Å². The number of benzene rings is 1. The van der Waals surface area contributed by atoms with E-state index in [2.05, 4.69) is 40.5 Å². The number of hydrogen-bond acceptors (Lipinski definition) is 5. The Morgan fingerprint density at radius 3 is 2.90 bits per heavy atom. The Morgan fingerprint density at radius 2 is 2.17 bits per heavy atom. The molecule has 0 spiro atoms. The van der Waals surface area contributed by atoms with Gasteiger partial charge in [0.05, 0.1) is 16.5 Å². The lowest BCUT2D eigenvalue weighted by molar-refractivity contribution is -0.113. The number of anilines is 1. The maximum absolute atomic E-state index is 12.3. The average Bonchev–Trinajstić information content (AvgIpc) is 3.30. The highest BCUT2D eigenvalue weighted by atomic mass is 35.5. The van der Waals surface area contributed by atoms with Crippen LogP contribution in [0, 0.1) is 0 Å². The van der Waals surface area contributed by atoms with Gasteiger partial charge in [-0.3, -0.25) is 9.36 Å². The molecule has 0 fully saturated rings. The quantitative estimate of drug-likeness (QED) is 0.302. The molecule has 0 saturated heterocycles. The number of aryl methyl sites for hydroxylation is 1. The molecule has 3 rings (SSSR count). The van der Waals surface area contributed by atoms with Crippen molar-refractivity contribution in [2.75, 3.05) is 11.1 Å². The molecule has 2 aromatic heterocycles. The summed E-state index contributed by atoms with van der Waals surface area (Å²) in [6, 6.07) is 7.10. The summed E-state index contributed by atoms with van der Waals surface area (Å²) in [5.41, 5.74) is 1.56. The van der Waals surface area contributed by atoms with Crippen molar-refractivity contribution in [1.82, 2.24) is 14.8 Å². The molecule has 0 aliphatic heterocycles. The molecule has 9 heteroatoms. The number of thioether (sulfide) groups is 1. The molecule has 3 aromatic rings. The van der Waals surface area contributed by atoms with Crippen molar-refractivity contribution in [3.05, 3.63) is 57.2 Å². The zero-order valence-corrected chi connectivity index (χ0v) is 19.0. The van der Waals surface area contributed by atoms with Crippen LogP contribution < -0.4 is 5.32 Å². The summed E-state index contributed by atoms with van der Waals surface area (Å²) < 4.78 is 1.97. The van der Waals surface area contributed by atoms with Gasteiger partial charge in [0.25, 0.3) is 0 Å². The van der Waals surface area contributed by atoms with E-state index in [0.29, 0.717) is 27.4 Å². The van der Waals surface area contributed by atoms with Crippen LogP contribution in [-0.2, 0) is 17.8 Å². The Morgan fingerprint density at radius 1 is 1.34 bits per heavy atom. The first-order chi connectivity index (χ1) is 14.0. The highest BCUT2D eigenvalue weighted by Gasteiger charge is 2.16. The van der Waals surface area contributed by atoms with E-state index < -0.39 is 0 Å². The summed E-state index contributed by atoms with van der Waals surface area (Å²) in [4.78, 5) is 13.7. The second-order valence-electron chi connectivity index (χ2n) is 6.22. The molecule has 1 amide bonds.